The van der Waals surface area contributed by atoms with Gasteiger partial charge in [0.15, 0.2) is 0 Å². The predicted molar refractivity (Wildman–Crippen MR) is 61.1 cm³/mol. The van der Waals surface area contributed by atoms with Crippen molar-refractivity contribution in [1.29, 1.82) is 0 Å². The van der Waals surface area contributed by atoms with E-state index in [0.717, 1.165) is 18.6 Å². The molecule has 0 saturated carbocycles. The molecule has 0 aliphatic carbocycles. The van der Waals surface area contributed by atoms with Crippen LogP contribution >= 0.6 is 0 Å². The molecule has 0 saturated heterocycles. The van der Waals surface area contributed by atoms with Gasteiger partial charge in [-0.25, -0.2) is 0 Å². The maximum absolute atomic E-state index is 8.55. The van der Waals surface area contributed by atoms with E-state index in [1.807, 2.05) is 27.7 Å². The molecule has 0 aliphatic heterocycles. The first-order valence-electron chi connectivity index (χ1n) is 5.36. The second-order valence-corrected chi connectivity index (χ2v) is 4.51. The van der Waals surface area contributed by atoms with Crippen molar-refractivity contribution in [1.82, 2.24) is 0 Å². The summed E-state index contributed by atoms with van der Waals surface area (Å²) in [6.07, 6.45) is 1.67. The minimum atomic E-state index is -0.252. The van der Waals surface area contributed by atoms with Gasteiger partial charge in [0.25, 0.3) is 0 Å². The summed E-state index contributed by atoms with van der Waals surface area (Å²) in [5, 5.41) is 12.5. The van der Waals surface area contributed by atoms with Gasteiger partial charge < -0.3 is 14.7 Å². The van der Waals surface area contributed by atoms with Crippen LogP contribution in [0.4, 0.5) is 0 Å². The van der Waals surface area contributed by atoms with Gasteiger partial charge in [-0.05, 0) is 40.5 Å². The van der Waals surface area contributed by atoms with Crippen molar-refractivity contribution in [3.8, 4) is 0 Å². The highest BCUT2D eigenvalue weighted by Gasteiger charge is 2.10. The van der Waals surface area contributed by atoms with E-state index in [-0.39, 0.29) is 12.2 Å². The minimum absolute atomic E-state index is 0.226. The number of aliphatic hydroxyl groups is 1. The number of aliphatic hydroxyl groups excluding tert-OH is 1. The Bertz CT molecular complexity index is 185. The van der Waals surface area contributed by atoms with Crippen LogP contribution in [0, 0.1) is 0 Å². The van der Waals surface area contributed by atoms with Gasteiger partial charge in [0.2, 0.25) is 0 Å². The summed E-state index contributed by atoms with van der Waals surface area (Å²) in [7, 11) is 0. The number of hydrogen-bond acceptors (Lipinski definition) is 4. The third-order valence-corrected chi connectivity index (χ3v) is 1.48. The van der Waals surface area contributed by atoms with Gasteiger partial charge in [0.05, 0.1) is 12.3 Å². The van der Waals surface area contributed by atoms with Crippen LogP contribution in [0.1, 0.15) is 40.5 Å². The number of unbranched alkanes of at least 4 members (excludes halogenated alkanes) is 1. The van der Waals surface area contributed by atoms with Crippen LogP contribution in [0.15, 0.2) is 5.16 Å². The highest BCUT2D eigenvalue weighted by molar-refractivity contribution is 5.82. The first kappa shape index (κ1) is 14.4. The summed E-state index contributed by atoms with van der Waals surface area (Å²) in [5.74, 6) is 0. The smallest absolute Gasteiger partial charge is 0.129 e. The van der Waals surface area contributed by atoms with Crippen molar-refractivity contribution < 1.29 is 14.7 Å². The number of rotatable bonds is 7. The summed E-state index contributed by atoms with van der Waals surface area (Å²) in [5.41, 5.74) is 0.576. The van der Waals surface area contributed by atoms with Gasteiger partial charge in [-0.3, -0.25) is 0 Å². The second kappa shape index (κ2) is 7.65. The molecule has 0 heterocycles. The van der Waals surface area contributed by atoms with Gasteiger partial charge in [-0.2, -0.15) is 0 Å². The first-order valence-corrected chi connectivity index (χ1v) is 5.36. The molecule has 0 atom stereocenters. The maximum atomic E-state index is 8.55. The molecule has 0 rings (SSSR count). The Morgan fingerprint density at radius 3 is 2.47 bits per heavy atom. The van der Waals surface area contributed by atoms with Gasteiger partial charge in [0.1, 0.15) is 5.60 Å². The zero-order valence-electron chi connectivity index (χ0n) is 10.2. The average molecular weight is 217 g/mol. The van der Waals surface area contributed by atoms with E-state index in [1.54, 1.807) is 0 Å². The lowest BCUT2D eigenvalue weighted by atomic mass is 10.2. The highest BCUT2D eigenvalue weighted by atomic mass is 16.6. The molecule has 0 spiro atoms. The van der Waals surface area contributed by atoms with Crippen LogP contribution in [-0.4, -0.2) is 36.2 Å². The van der Waals surface area contributed by atoms with Crippen LogP contribution in [-0.2, 0) is 9.57 Å². The largest absolute Gasteiger partial charge is 0.396 e. The molecule has 0 unspecified atom stereocenters. The SMILES string of the molecule is CC(COCCCCO)=NOC(C)(C)C. The van der Waals surface area contributed by atoms with Crippen LogP contribution in [0.5, 0.6) is 0 Å². The fourth-order valence-electron chi connectivity index (χ4n) is 0.777. The molecular formula is C11H23NO3. The Balaban J connectivity index is 3.51. The van der Waals surface area contributed by atoms with Crippen LogP contribution in [0.3, 0.4) is 0 Å². The molecule has 0 aromatic rings. The highest BCUT2D eigenvalue weighted by Crippen LogP contribution is 2.06. The predicted octanol–water partition coefficient (Wildman–Crippen LogP) is 1.97. The van der Waals surface area contributed by atoms with Crippen molar-refractivity contribution in [2.24, 2.45) is 5.16 Å². The first-order chi connectivity index (χ1) is 6.95. The van der Waals surface area contributed by atoms with E-state index in [9.17, 15) is 0 Å². The summed E-state index contributed by atoms with van der Waals surface area (Å²) in [6.45, 7) is 9.09. The molecule has 0 aromatic carbocycles. The van der Waals surface area contributed by atoms with Crippen LogP contribution in [0.2, 0.25) is 0 Å². The molecule has 4 heteroatoms. The van der Waals surface area contributed by atoms with Gasteiger partial charge in [0, 0.05) is 13.2 Å². The Labute approximate surface area is 92.3 Å². The van der Waals surface area contributed by atoms with E-state index in [4.69, 9.17) is 14.7 Å². The fourth-order valence-corrected chi connectivity index (χ4v) is 0.777. The Morgan fingerprint density at radius 2 is 1.93 bits per heavy atom. The lowest BCUT2D eigenvalue weighted by molar-refractivity contribution is -0.000665. The molecule has 0 amide bonds. The lowest BCUT2D eigenvalue weighted by Gasteiger charge is -2.16. The van der Waals surface area contributed by atoms with Crippen molar-refractivity contribution in [2.75, 3.05) is 19.8 Å². The third kappa shape index (κ3) is 11.3. The molecule has 15 heavy (non-hydrogen) atoms. The van der Waals surface area contributed by atoms with Gasteiger partial charge in [-0.1, -0.05) is 5.16 Å². The van der Waals surface area contributed by atoms with E-state index in [0.29, 0.717) is 13.2 Å². The topological polar surface area (TPSA) is 51.0 Å². The van der Waals surface area contributed by atoms with Crippen molar-refractivity contribution >= 4 is 5.71 Å². The molecule has 0 aliphatic rings. The van der Waals surface area contributed by atoms with Crippen molar-refractivity contribution in [3.05, 3.63) is 0 Å². The zero-order chi connectivity index (χ0) is 11.7. The quantitative estimate of drug-likeness (QED) is 0.403. The van der Waals surface area contributed by atoms with E-state index < -0.39 is 0 Å². The van der Waals surface area contributed by atoms with Crippen molar-refractivity contribution in [2.45, 2.75) is 46.1 Å². The van der Waals surface area contributed by atoms with Gasteiger partial charge >= 0.3 is 0 Å². The molecule has 90 valence electrons. The number of hydrogen-bond donors (Lipinski definition) is 1. The van der Waals surface area contributed by atoms with Crippen molar-refractivity contribution in [3.63, 3.8) is 0 Å². The summed E-state index contributed by atoms with van der Waals surface area (Å²) in [6, 6.07) is 0. The Kier molecular flexibility index (Phi) is 7.34. The summed E-state index contributed by atoms with van der Waals surface area (Å²) < 4.78 is 5.34. The molecule has 0 bridgehead atoms. The number of ether oxygens (including phenoxy) is 1. The molecule has 4 nitrogen and oxygen atoms in total. The molecule has 0 aromatic heterocycles. The maximum Gasteiger partial charge on any atom is 0.129 e. The average Bonchev–Trinajstić information content (AvgIpc) is 2.13. The number of nitrogens with zero attached hydrogens (tertiary/aromatic N) is 1. The Hall–Kier alpha value is -0.610. The minimum Gasteiger partial charge on any atom is -0.396 e. The van der Waals surface area contributed by atoms with E-state index in [2.05, 4.69) is 5.16 Å². The van der Waals surface area contributed by atoms with E-state index >= 15 is 0 Å². The molecule has 0 fully saturated rings. The van der Waals surface area contributed by atoms with Crippen LogP contribution in [0.25, 0.3) is 0 Å². The normalized spacial score (nSPS) is 13.0. The second-order valence-electron chi connectivity index (χ2n) is 4.51. The standard InChI is InChI=1S/C11H23NO3/c1-10(12-15-11(2,3)4)9-14-8-6-5-7-13/h13H,5-9H2,1-4H3. The molecular weight excluding hydrogens is 194 g/mol. The molecule has 0 radical (unpaired) electrons. The van der Waals surface area contributed by atoms with E-state index in [1.165, 1.54) is 0 Å². The zero-order valence-corrected chi connectivity index (χ0v) is 10.2. The molecule has 1 N–H and O–H groups in total. The third-order valence-electron chi connectivity index (χ3n) is 1.48. The Morgan fingerprint density at radius 1 is 1.27 bits per heavy atom. The van der Waals surface area contributed by atoms with Crippen LogP contribution < -0.4 is 0 Å². The summed E-state index contributed by atoms with van der Waals surface area (Å²) >= 11 is 0. The van der Waals surface area contributed by atoms with Gasteiger partial charge in [-0.15, -0.1) is 0 Å². The lowest BCUT2D eigenvalue weighted by Crippen LogP contribution is -2.17. The summed E-state index contributed by atoms with van der Waals surface area (Å²) in [4.78, 5) is 5.24. The monoisotopic (exact) mass is 217 g/mol. The fraction of sp³-hybridized carbons (Fsp3) is 0.909. The number of oxime groups is 1.